The van der Waals surface area contributed by atoms with Crippen molar-refractivity contribution in [3.05, 3.63) is 0 Å². The van der Waals surface area contributed by atoms with Gasteiger partial charge in [0.15, 0.2) is 5.44 Å². The Morgan fingerprint density at radius 1 is 1.39 bits per heavy atom. The van der Waals surface area contributed by atoms with E-state index < -0.39 is 10.3 Å². The van der Waals surface area contributed by atoms with Crippen LogP contribution in [-0.2, 0) is 18.5 Å². The quantitative estimate of drug-likeness (QED) is 0.701. The summed E-state index contributed by atoms with van der Waals surface area (Å²) in [6.45, 7) is 6.99. The molecule has 0 saturated carbocycles. The van der Waals surface area contributed by atoms with Crippen molar-refractivity contribution in [2.75, 3.05) is 25.2 Å². The van der Waals surface area contributed by atoms with E-state index in [1.807, 2.05) is 20.8 Å². The lowest BCUT2D eigenvalue weighted by Gasteiger charge is -2.44. The van der Waals surface area contributed by atoms with Gasteiger partial charge in [0.05, 0.1) is 19.3 Å². The van der Waals surface area contributed by atoms with Gasteiger partial charge in [0, 0.05) is 12.2 Å². The summed E-state index contributed by atoms with van der Waals surface area (Å²) in [7, 11) is -1.35. The van der Waals surface area contributed by atoms with Crippen molar-refractivity contribution in [3.63, 3.8) is 0 Å². The fourth-order valence-corrected chi connectivity index (χ4v) is 4.27. The Balaban J connectivity index is 2.64. The van der Waals surface area contributed by atoms with E-state index in [0.717, 1.165) is 25.2 Å². The first-order chi connectivity index (χ1) is 8.48. The lowest BCUT2D eigenvalue weighted by atomic mass is 10.4. The van der Waals surface area contributed by atoms with Crippen molar-refractivity contribution >= 4 is 16.3 Å². The molecule has 0 bridgehead atoms. The molecule has 1 aliphatic rings. The molecule has 0 aliphatic carbocycles. The normalized spacial score (nSPS) is 29.6. The molecule has 0 amide bonds. The summed E-state index contributed by atoms with van der Waals surface area (Å²) in [5.41, 5.74) is -0.229. The Morgan fingerprint density at radius 3 is 2.61 bits per heavy atom. The van der Waals surface area contributed by atoms with E-state index in [0.29, 0.717) is 13.0 Å². The number of esters is 1. The standard InChI is InChI=1S/C13H26O4S/c1-5-12(14)17-13(10-15-11(2)3)18(4)9-7-6-8-16-18/h11,13H,5-10H2,1-4H3. The SMILES string of the molecule is CCC(=O)OC(COC(C)C)S1(C)CCCCO1. The first-order valence-electron chi connectivity index (χ1n) is 6.68. The zero-order chi connectivity index (χ0) is 13.6. The number of hydrogen-bond acceptors (Lipinski definition) is 4. The molecule has 4 nitrogen and oxygen atoms in total. The molecule has 0 spiro atoms. The number of rotatable bonds is 6. The summed E-state index contributed by atoms with van der Waals surface area (Å²) in [6.07, 6.45) is 4.88. The third-order valence-electron chi connectivity index (χ3n) is 2.97. The van der Waals surface area contributed by atoms with Crippen molar-refractivity contribution in [2.45, 2.75) is 51.6 Å². The Kier molecular flexibility index (Phi) is 6.46. The molecule has 0 aromatic heterocycles. The monoisotopic (exact) mass is 278 g/mol. The molecule has 1 rings (SSSR count). The van der Waals surface area contributed by atoms with E-state index in [1.54, 1.807) is 0 Å². The van der Waals surface area contributed by atoms with Gasteiger partial charge in [-0.2, -0.15) is 0 Å². The van der Waals surface area contributed by atoms with Crippen LogP contribution in [0.3, 0.4) is 0 Å². The van der Waals surface area contributed by atoms with E-state index in [1.165, 1.54) is 0 Å². The molecule has 18 heavy (non-hydrogen) atoms. The van der Waals surface area contributed by atoms with Crippen molar-refractivity contribution in [1.82, 2.24) is 0 Å². The molecule has 0 aromatic carbocycles. The summed E-state index contributed by atoms with van der Waals surface area (Å²) in [5, 5.41) is 0. The third-order valence-corrected chi connectivity index (χ3v) is 6.12. The van der Waals surface area contributed by atoms with Gasteiger partial charge in [-0.3, -0.25) is 4.79 Å². The Labute approximate surface area is 112 Å². The number of ether oxygens (including phenoxy) is 2. The van der Waals surface area contributed by atoms with Crippen molar-refractivity contribution in [3.8, 4) is 0 Å². The van der Waals surface area contributed by atoms with Gasteiger partial charge in [-0.05, 0) is 32.9 Å². The summed E-state index contributed by atoms with van der Waals surface area (Å²) in [5.74, 6) is 0.825. The summed E-state index contributed by atoms with van der Waals surface area (Å²) in [4.78, 5) is 11.5. The average molecular weight is 278 g/mol. The molecule has 1 fully saturated rings. The molecular weight excluding hydrogens is 252 g/mol. The van der Waals surface area contributed by atoms with E-state index in [4.69, 9.17) is 13.7 Å². The van der Waals surface area contributed by atoms with Crippen LogP contribution >= 0.6 is 10.3 Å². The second-order valence-electron chi connectivity index (χ2n) is 4.96. The van der Waals surface area contributed by atoms with Gasteiger partial charge in [0.25, 0.3) is 0 Å². The minimum Gasteiger partial charge on any atom is -0.448 e. The second kappa shape index (κ2) is 7.36. The maximum Gasteiger partial charge on any atom is 0.306 e. The van der Waals surface area contributed by atoms with Crippen molar-refractivity contribution < 1.29 is 18.5 Å². The van der Waals surface area contributed by atoms with Crippen LogP contribution in [0.4, 0.5) is 0 Å². The fourth-order valence-electron chi connectivity index (χ4n) is 1.79. The highest BCUT2D eigenvalue weighted by Gasteiger charge is 2.35. The van der Waals surface area contributed by atoms with Crippen LogP contribution in [0.5, 0.6) is 0 Å². The van der Waals surface area contributed by atoms with Gasteiger partial charge in [-0.1, -0.05) is 17.2 Å². The molecule has 0 aromatic rings. The van der Waals surface area contributed by atoms with Gasteiger partial charge >= 0.3 is 5.97 Å². The second-order valence-corrected chi connectivity index (χ2v) is 8.27. The number of carbonyl (C=O) groups is 1. The first kappa shape index (κ1) is 15.8. The van der Waals surface area contributed by atoms with Crippen LogP contribution in [0.1, 0.15) is 40.0 Å². The Morgan fingerprint density at radius 2 is 2.11 bits per heavy atom. The maximum atomic E-state index is 11.5. The van der Waals surface area contributed by atoms with Gasteiger partial charge in [-0.15, -0.1) is 0 Å². The largest absolute Gasteiger partial charge is 0.448 e. The highest BCUT2D eigenvalue weighted by Crippen LogP contribution is 2.53. The minimum atomic E-state index is -1.35. The topological polar surface area (TPSA) is 44.8 Å². The fraction of sp³-hybridized carbons (Fsp3) is 0.923. The number of hydrogen-bond donors (Lipinski definition) is 0. The van der Waals surface area contributed by atoms with Gasteiger partial charge < -0.3 is 13.7 Å². The van der Waals surface area contributed by atoms with Crippen LogP contribution in [0.2, 0.25) is 0 Å². The van der Waals surface area contributed by atoms with Crippen LogP contribution in [0.15, 0.2) is 0 Å². The predicted molar refractivity (Wildman–Crippen MR) is 74.8 cm³/mol. The summed E-state index contributed by atoms with van der Waals surface area (Å²) < 4.78 is 17.1. The first-order valence-corrected chi connectivity index (χ1v) is 8.88. The summed E-state index contributed by atoms with van der Waals surface area (Å²) >= 11 is 0. The molecule has 0 radical (unpaired) electrons. The lowest BCUT2D eigenvalue weighted by Crippen LogP contribution is -2.34. The Bertz CT molecular complexity index is 262. The van der Waals surface area contributed by atoms with Gasteiger partial charge in [-0.25, -0.2) is 0 Å². The molecule has 2 unspecified atom stereocenters. The molecular formula is C13H26O4S. The van der Waals surface area contributed by atoms with E-state index in [2.05, 4.69) is 6.26 Å². The Hall–Kier alpha value is -0.260. The van der Waals surface area contributed by atoms with Crippen LogP contribution in [-0.4, -0.2) is 42.7 Å². The smallest absolute Gasteiger partial charge is 0.306 e. The average Bonchev–Trinajstić information content (AvgIpc) is 2.34. The van der Waals surface area contributed by atoms with E-state index in [-0.39, 0.29) is 17.5 Å². The van der Waals surface area contributed by atoms with Gasteiger partial charge in [0.1, 0.15) is 0 Å². The van der Waals surface area contributed by atoms with E-state index >= 15 is 0 Å². The molecule has 108 valence electrons. The van der Waals surface area contributed by atoms with Crippen molar-refractivity contribution in [2.24, 2.45) is 0 Å². The van der Waals surface area contributed by atoms with Crippen LogP contribution < -0.4 is 0 Å². The minimum absolute atomic E-state index is 0.138. The van der Waals surface area contributed by atoms with Crippen LogP contribution in [0, 0.1) is 0 Å². The molecule has 5 heteroatoms. The van der Waals surface area contributed by atoms with Gasteiger partial charge in [0.2, 0.25) is 0 Å². The van der Waals surface area contributed by atoms with E-state index in [9.17, 15) is 4.79 Å². The zero-order valence-corrected chi connectivity index (χ0v) is 12.8. The number of carbonyl (C=O) groups excluding carboxylic acids is 1. The zero-order valence-electron chi connectivity index (χ0n) is 11.9. The molecule has 1 saturated heterocycles. The van der Waals surface area contributed by atoms with Crippen LogP contribution in [0.25, 0.3) is 0 Å². The predicted octanol–water partition coefficient (Wildman–Crippen LogP) is 2.85. The van der Waals surface area contributed by atoms with Crippen molar-refractivity contribution in [1.29, 1.82) is 0 Å². The maximum absolute atomic E-state index is 11.5. The summed E-state index contributed by atoms with van der Waals surface area (Å²) in [6, 6.07) is 0. The highest BCUT2D eigenvalue weighted by atomic mass is 32.3. The lowest BCUT2D eigenvalue weighted by molar-refractivity contribution is -0.147. The molecule has 0 N–H and O–H groups in total. The third kappa shape index (κ3) is 4.78. The molecule has 1 heterocycles. The molecule has 1 aliphatic heterocycles. The highest BCUT2D eigenvalue weighted by molar-refractivity contribution is 8.29. The molecule has 2 atom stereocenters.